The minimum atomic E-state index is -0.141. The van der Waals surface area contributed by atoms with Gasteiger partial charge in [0.25, 0.3) is 5.56 Å². The first-order chi connectivity index (χ1) is 16.1. The molecular formula is C25H25N5O2S. The summed E-state index contributed by atoms with van der Waals surface area (Å²) in [5, 5.41) is 9.94. The Kier molecular flexibility index (Phi) is 5.76. The summed E-state index contributed by atoms with van der Waals surface area (Å²) in [6, 6.07) is 15.2. The number of rotatable bonds is 6. The molecule has 7 nitrogen and oxygen atoms in total. The van der Waals surface area contributed by atoms with Crippen molar-refractivity contribution in [3.8, 4) is 5.69 Å². The van der Waals surface area contributed by atoms with Gasteiger partial charge in [0.15, 0.2) is 5.16 Å². The first-order valence-electron chi connectivity index (χ1n) is 11.2. The number of hydrogen-bond donors (Lipinski definition) is 0. The van der Waals surface area contributed by atoms with E-state index in [1.807, 2.05) is 71.7 Å². The average Bonchev–Trinajstić information content (AvgIpc) is 3.50. The fourth-order valence-corrected chi connectivity index (χ4v) is 5.26. The van der Waals surface area contributed by atoms with E-state index in [4.69, 9.17) is 0 Å². The Balaban J connectivity index is 1.60. The van der Waals surface area contributed by atoms with Gasteiger partial charge in [0.1, 0.15) is 0 Å². The van der Waals surface area contributed by atoms with Gasteiger partial charge in [-0.25, -0.2) is 4.57 Å². The van der Waals surface area contributed by atoms with Gasteiger partial charge >= 0.3 is 0 Å². The highest BCUT2D eigenvalue weighted by atomic mass is 32.2. The molecule has 1 aliphatic rings. The Hall–Kier alpha value is -3.39. The van der Waals surface area contributed by atoms with Crippen LogP contribution in [0.15, 0.2) is 70.3 Å². The van der Waals surface area contributed by atoms with Crippen molar-refractivity contribution in [2.75, 3.05) is 12.3 Å². The van der Waals surface area contributed by atoms with Crippen LogP contribution in [0.3, 0.4) is 0 Å². The van der Waals surface area contributed by atoms with Gasteiger partial charge in [0.05, 0.1) is 22.3 Å². The molecule has 0 fully saturated rings. The molecule has 33 heavy (non-hydrogen) atoms. The number of para-hydroxylation sites is 2. The zero-order chi connectivity index (χ0) is 22.9. The Morgan fingerprint density at radius 3 is 2.67 bits per heavy atom. The Labute approximate surface area is 195 Å². The third-order valence-electron chi connectivity index (χ3n) is 6.06. The van der Waals surface area contributed by atoms with Crippen LogP contribution in [0.25, 0.3) is 22.4 Å². The maximum atomic E-state index is 13.5. The van der Waals surface area contributed by atoms with Crippen LogP contribution in [-0.2, 0) is 4.79 Å². The van der Waals surface area contributed by atoms with Crippen LogP contribution in [0, 0.1) is 6.92 Å². The number of benzene rings is 2. The molecular weight excluding hydrogens is 434 g/mol. The third kappa shape index (κ3) is 3.74. The van der Waals surface area contributed by atoms with E-state index >= 15 is 0 Å². The number of allylic oxidation sites excluding steroid dienone is 2. The van der Waals surface area contributed by atoms with E-state index in [0.29, 0.717) is 22.9 Å². The Bertz CT molecular complexity index is 1450. The number of thioether (sulfide) groups is 1. The van der Waals surface area contributed by atoms with Gasteiger partial charge in [0, 0.05) is 12.2 Å². The van der Waals surface area contributed by atoms with Crippen molar-refractivity contribution in [3.63, 3.8) is 0 Å². The lowest BCUT2D eigenvalue weighted by atomic mass is 10.2. The Morgan fingerprint density at radius 2 is 1.91 bits per heavy atom. The molecule has 5 rings (SSSR count). The van der Waals surface area contributed by atoms with Crippen LogP contribution in [-0.4, -0.2) is 42.3 Å². The lowest BCUT2D eigenvalue weighted by molar-refractivity contribution is -0.126. The zero-order valence-electron chi connectivity index (χ0n) is 18.7. The Morgan fingerprint density at radius 1 is 1.12 bits per heavy atom. The maximum absolute atomic E-state index is 13.5. The summed E-state index contributed by atoms with van der Waals surface area (Å²) < 4.78 is 3.49. The van der Waals surface area contributed by atoms with Crippen molar-refractivity contribution in [3.05, 3.63) is 76.2 Å². The molecule has 0 saturated carbocycles. The summed E-state index contributed by atoms with van der Waals surface area (Å²) in [6.07, 6.45) is 5.24. The highest BCUT2D eigenvalue weighted by Gasteiger charge is 2.22. The van der Waals surface area contributed by atoms with Crippen LogP contribution in [0.5, 0.6) is 0 Å². The molecule has 8 heteroatoms. The van der Waals surface area contributed by atoms with Crippen molar-refractivity contribution >= 4 is 34.3 Å². The fraction of sp³-hybridized carbons (Fsp3) is 0.280. The number of carbonyl (C=O) groups is 1. The molecule has 0 N–H and O–H groups in total. The number of aryl methyl sites for hydroxylation is 1. The van der Waals surface area contributed by atoms with Crippen LogP contribution >= 0.6 is 11.8 Å². The number of hydrogen-bond acceptors (Lipinski definition) is 5. The molecule has 1 aliphatic carbocycles. The molecule has 1 amide bonds. The number of aromatic nitrogens is 4. The second-order valence-corrected chi connectivity index (χ2v) is 9.02. The second-order valence-electron chi connectivity index (χ2n) is 8.08. The van der Waals surface area contributed by atoms with Crippen LogP contribution in [0.1, 0.15) is 31.7 Å². The van der Waals surface area contributed by atoms with Gasteiger partial charge < -0.3 is 4.90 Å². The van der Waals surface area contributed by atoms with Crippen molar-refractivity contribution in [1.29, 1.82) is 0 Å². The van der Waals surface area contributed by atoms with E-state index in [2.05, 4.69) is 16.3 Å². The van der Waals surface area contributed by atoms with Crippen molar-refractivity contribution in [1.82, 2.24) is 24.1 Å². The third-order valence-corrected chi connectivity index (χ3v) is 6.97. The van der Waals surface area contributed by atoms with Gasteiger partial charge in [-0.15, -0.1) is 10.2 Å². The number of fused-ring (bicyclic) bond motifs is 3. The summed E-state index contributed by atoms with van der Waals surface area (Å²) in [5.41, 5.74) is 3.44. The second kappa shape index (κ2) is 8.86. The largest absolute Gasteiger partial charge is 0.316 e. The molecule has 2 aromatic carbocycles. The standard InChI is InChI=1S/C25H25N5O2S/c1-3-28(18-11-5-6-12-18)22(31)16-33-25-27-26-24-29(20-14-8-4-10-17(20)2)23(32)19-13-7-9-15-21(19)30(24)25/h4,7-11,13-15H,3,5-6,12,16H2,1-2H3. The highest BCUT2D eigenvalue weighted by Crippen LogP contribution is 2.26. The maximum Gasteiger partial charge on any atom is 0.267 e. The molecule has 0 aliphatic heterocycles. The lowest BCUT2D eigenvalue weighted by Crippen LogP contribution is -2.31. The van der Waals surface area contributed by atoms with E-state index in [1.54, 1.807) is 4.57 Å². The fourth-order valence-electron chi connectivity index (χ4n) is 4.45. The van der Waals surface area contributed by atoms with E-state index in [0.717, 1.165) is 41.7 Å². The van der Waals surface area contributed by atoms with Crippen molar-refractivity contribution in [2.45, 2.75) is 38.3 Å². The molecule has 2 heterocycles. The summed E-state index contributed by atoms with van der Waals surface area (Å²) in [4.78, 5) is 28.3. The molecule has 0 spiro atoms. The highest BCUT2D eigenvalue weighted by molar-refractivity contribution is 7.99. The van der Waals surface area contributed by atoms with Crippen LogP contribution in [0.2, 0.25) is 0 Å². The van der Waals surface area contributed by atoms with Gasteiger partial charge in [-0.3, -0.25) is 14.0 Å². The molecule has 0 unspecified atom stereocenters. The quantitative estimate of drug-likeness (QED) is 0.401. The summed E-state index contributed by atoms with van der Waals surface area (Å²) in [6.45, 7) is 4.62. The topological polar surface area (TPSA) is 72.5 Å². The number of amides is 1. The predicted molar refractivity (Wildman–Crippen MR) is 131 cm³/mol. The molecule has 4 aromatic rings. The van der Waals surface area contributed by atoms with Gasteiger partial charge in [0.2, 0.25) is 11.7 Å². The molecule has 2 aromatic heterocycles. The molecule has 0 bridgehead atoms. The van der Waals surface area contributed by atoms with Crippen molar-refractivity contribution < 1.29 is 4.79 Å². The average molecular weight is 460 g/mol. The van der Waals surface area contributed by atoms with E-state index in [9.17, 15) is 9.59 Å². The van der Waals surface area contributed by atoms with E-state index in [-0.39, 0.29) is 17.2 Å². The number of carbonyl (C=O) groups excluding carboxylic acids is 1. The summed E-state index contributed by atoms with van der Waals surface area (Å²) in [5.74, 6) is 0.752. The summed E-state index contributed by atoms with van der Waals surface area (Å²) in [7, 11) is 0. The first-order valence-corrected chi connectivity index (χ1v) is 12.2. The molecule has 0 radical (unpaired) electrons. The molecule has 0 atom stereocenters. The monoisotopic (exact) mass is 459 g/mol. The minimum absolute atomic E-state index is 0.0592. The van der Waals surface area contributed by atoms with Crippen LogP contribution in [0.4, 0.5) is 0 Å². The lowest BCUT2D eigenvalue weighted by Gasteiger charge is -2.22. The van der Waals surface area contributed by atoms with Crippen molar-refractivity contribution in [2.24, 2.45) is 0 Å². The van der Waals surface area contributed by atoms with Gasteiger partial charge in [-0.2, -0.15) is 0 Å². The normalized spacial score (nSPS) is 13.6. The van der Waals surface area contributed by atoms with Crippen LogP contribution < -0.4 is 5.56 Å². The zero-order valence-corrected chi connectivity index (χ0v) is 19.5. The molecule has 0 saturated heterocycles. The minimum Gasteiger partial charge on any atom is -0.316 e. The summed E-state index contributed by atoms with van der Waals surface area (Å²) >= 11 is 1.35. The molecule has 168 valence electrons. The SMILES string of the molecule is CCN(C(=O)CSc1nnc2n(-c3ccccc3C)c(=O)c3ccccc3n12)C1=CCCC1. The smallest absolute Gasteiger partial charge is 0.267 e. The van der Waals surface area contributed by atoms with Gasteiger partial charge in [-0.1, -0.05) is 48.2 Å². The predicted octanol–water partition coefficient (Wildman–Crippen LogP) is 4.35. The van der Waals surface area contributed by atoms with E-state index < -0.39 is 0 Å². The van der Waals surface area contributed by atoms with Gasteiger partial charge in [-0.05, 0) is 56.9 Å². The van der Waals surface area contributed by atoms with E-state index in [1.165, 1.54) is 11.8 Å². The first kappa shape index (κ1) is 21.5. The number of nitrogens with zero attached hydrogens (tertiary/aromatic N) is 5.